The summed E-state index contributed by atoms with van der Waals surface area (Å²) in [5.41, 5.74) is 3.69. The summed E-state index contributed by atoms with van der Waals surface area (Å²) in [6.07, 6.45) is -1.54. The standard InChI is InChI=1S/C11H7F4N3/c12-7-1-6(3-17-4-7)10-9(11(13,14)15)2-8(16)5-18-10/h1-5H,16H2. The van der Waals surface area contributed by atoms with Crippen molar-refractivity contribution in [3.63, 3.8) is 0 Å². The Labute approximate surface area is 99.3 Å². The van der Waals surface area contributed by atoms with Crippen LogP contribution in [0.2, 0.25) is 0 Å². The van der Waals surface area contributed by atoms with Crippen molar-refractivity contribution < 1.29 is 17.6 Å². The number of pyridine rings is 2. The Balaban J connectivity index is 2.64. The second kappa shape index (κ2) is 4.25. The van der Waals surface area contributed by atoms with Crippen molar-refractivity contribution in [2.75, 3.05) is 5.73 Å². The minimum atomic E-state index is -4.62. The van der Waals surface area contributed by atoms with Crippen LogP contribution >= 0.6 is 0 Å². The van der Waals surface area contributed by atoms with Crippen LogP contribution in [0.1, 0.15) is 5.56 Å². The number of hydrogen-bond acceptors (Lipinski definition) is 3. The molecule has 7 heteroatoms. The third-order valence-electron chi connectivity index (χ3n) is 2.19. The van der Waals surface area contributed by atoms with E-state index in [9.17, 15) is 17.6 Å². The lowest BCUT2D eigenvalue weighted by Gasteiger charge is -2.12. The first-order valence-corrected chi connectivity index (χ1v) is 4.81. The van der Waals surface area contributed by atoms with E-state index in [0.29, 0.717) is 0 Å². The van der Waals surface area contributed by atoms with E-state index in [1.807, 2.05) is 0 Å². The molecule has 0 fully saturated rings. The number of nitrogens with zero attached hydrogens (tertiary/aromatic N) is 2. The summed E-state index contributed by atoms with van der Waals surface area (Å²) in [5, 5.41) is 0. The molecule has 0 atom stereocenters. The third kappa shape index (κ3) is 2.39. The van der Waals surface area contributed by atoms with Gasteiger partial charge in [-0.3, -0.25) is 9.97 Å². The zero-order chi connectivity index (χ0) is 13.3. The van der Waals surface area contributed by atoms with Gasteiger partial charge in [-0.1, -0.05) is 0 Å². The highest BCUT2D eigenvalue weighted by Gasteiger charge is 2.34. The van der Waals surface area contributed by atoms with Gasteiger partial charge in [0.1, 0.15) is 5.82 Å². The van der Waals surface area contributed by atoms with Gasteiger partial charge < -0.3 is 5.73 Å². The molecule has 2 N–H and O–H groups in total. The lowest BCUT2D eigenvalue weighted by molar-refractivity contribution is -0.137. The van der Waals surface area contributed by atoms with E-state index in [-0.39, 0.29) is 11.3 Å². The van der Waals surface area contributed by atoms with Gasteiger partial charge in [0.25, 0.3) is 0 Å². The second-order valence-corrected chi connectivity index (χ2v) is 3.55. The maximum atomic E-state index is 13.0. The Hall–Kier alpha value is -2.18. The summed E-state index contributed by atoms with van der Waals surface area (Å²) >= 11 is 0. The molecule has 3 nitrogen and oxygen atoms in total. The molecule has 2 rings (SSSR count). The normalized spacial score (nSPS) is 11.6. The zero-order valence-corrected chi connectivity index (χ0v) is 8.87. The van der Waals surface area contributed by atoms with E-state index in [1.54, 1.807) is 0 Å². The van der Waals surface area contributed by atoms with Crippen molar-refractivity contribution in [3.05, 3.63) is 42.1 Å². The predicted octanol–water partition coefficient (Wildman–Crippen LogP) is 2.88. The summed E-state index contributed by atoms with van der Waals surface area (Å²) in [5.74, 6) is -0.737. The predicted molar refractivity (Wildman–Crippen MR) is 56.8 cm³/mol. The van der Waals surface area contributed by atoms with Gasteiger partial charge >= 0.3 is 6.18 Å². The average molecular weight is 257 g/mol. The van der Waals surface area contributed by atoms with E-state index >= 15 is 0 Å². The fraction of sp³-hybridized carbons (Fsp3) is 0.0909. The average Bonchev–Trinajstić information content (AvgIpc) is 2.27. The fourth-order valence-corrected chi connectivity index (χ4v) is 1.47. The Bertz CT molecular complexity index is 581. The van der Waals surface area contributed by atoms with Crippen LogP contribution < -0.4 is 5.73 Å². The maximum Gasteiger partial charge on any atom is 0.418 e. The van der Waals surface area contributed by atoms with Crippen LogP contribution in [0.5, 0.6) is 0 Å². The summed E-state index contributed by atoms with van der Waals surface area (Å²) in [7, 11) is 0. The molecule has 94 valence electrons. The fourth-order valence-electron chi connectivity index (χ4n) is 1.47. The van der Waals surface area contributed by atoms with E-state index in [1.165, 1.54) is 0 Å². The third-order valence-corrected chi connectivity index (χ3v) is 2.19. The number of rotatable bonds is 1. The molecule has 0 unspecified atom stereocenters. The SMILES string of the molecule is Nc1cnc(-c2cncc(F)c2)c(C(F)(F)F)c1. The number of alkyl halides is 3. The van der Waals surface area contributed by atoms with Gasteiger partial charge in [0, 0.05) is 11.8 Å². The van der Waals surface area contributed by atoms with E-state index in [0.717, 1.165) is 30.7 Å². The Morgan fingerprint density at radius 3 is 2.39 bits per heavy atom. The van der Waals surface area contributed by atoms with Gasteiger partial charge in [-0.05, 0) is 12.1 Å². The van der Waals surface area contributed by atoms with Crippen LogP contribution in [-0.4, -0.2) is 9.97 Å². The van der Waals surface area contributed by atoms with Gasteiger partial charge in [0.2, 0.25) is 0 Å². The van der Waals surface area contributed by atoms with Crippen molar-refractivity contribution in [2.45, 2.75) is 6.18 Å². The lowest BCUT2D eigenvalue weighted by Crippen LogP contribution is -2.09. The first kappa shape index (κ1) is 12.3. The first-order chi connectivity index (χ1) is 8.38. The molecule has 0 amide bonds. The van der Waals surface area contributed by atoms with Crippen molar-refractivity contribution in [1.82, 2.24) is 9.97 Å². The Morgan fingerprint density at radius 1 is 1.06 bits per heavy atom. The van der Waals surface area contributed by atoms with Crippen LogP contribution in [0, 0.1) is 5.82 Å². The molecule has 0 bridgehead atoms. The zero-order valence-electron chi connectivity index (χ0n) is 8.87. The second-order valence-electron chi connectivity index (χ2n) is 3.55. The highest BCUT2D eigenvalue weighted by atomic mass is 19.4. The smallest absolute Gasteiger partial charge is 0.397 e. The molecule has 0 saturated carbocycles. The molecule has 0 spiro atoms. The lowest BCUT2D eigenvalue weighted by atomic mass is 10.1. The molecule has 0 aromatic carbocycles. The van der Waals surface area contributed by atoms with E-state index < -0.39 is 23.3 Å². The first-order valence-electron chi connectivity index (χ1n) is 4.81. The Kier molecular flexibility index (Phi) is 2.90. The summed E-state index contributed by atoms with van der Waals surface area (Å²) in [4.78, 5) is 7.10. The molecule has 0 aliphatic carbocycles. The van der Waals surface area contributed by atoms with Crippen molar-refractivity contribution in [1.29, 1.82) is 0 Å². The van der Waals surface area contributed by atoms with Crippen molar-refractivity contribution in [2.24, 2.45) is 0 Å². The quantitative estimate of drug-likeness (QED) is 0.799. The number of hydrogen-bond donors (Lipinski definition) is 1. The van der Waals surface area contributed by atoms with Crippen molar-refractivity contribution >= 4 is 5.69 Å². The molecule has 2 heterocycles. The molecule has 0 aliphatic rings. The van der Waals surface area contributed by atoms with Gasteiger partial charge in [0.15, 0.2) is 0 Å². The van der Waals surface area contributed by atoms with Crippen LogP contribution in [0.3, 0.4) is 0 Å². The molecule has 0 aliphatic heterocycles. The minimum Gasteiger partial charge on any atom is -0.397 e. The molecule has 0 radical (unpaired) electrons. The molecular formula is C11H7F4N3. The van der Waals surface area contributed by atoms with Gasteiger partial charge in [0.05, 0.1) is 29.3 Å². The number of nitrogens with two attached hydrogens (primary N) is 1. The monoisotopic (exact) mass is 257 g/mol. The summed E-state index contributed by atoms with van der Waals surface area (Å²) in [6, 6.07) is 1.69. The topological polar surface area (TPSA) is 51.8 Å². The molecule has 18 heavy (non-hydrogen) atoms. The van der Waals surface area contributed by atoms with E-state index in [4.69, 9.17) is 5.73 Å². The number of halogens is 4. The summed E-state index contributed by atoms with van der Waals surface area (Å²) < 4.78 is 51.4. The van der Waals surface area contributed by atoms with Gasteiger partial charge in [-0.25, -0.2) is 4.39 Å². The number of anilines is 1. The summed E-state index contributed by atoms with van der Waals surface area (Å²) in [6.45, 7) is 0. The minimum absolute atomic E-state index is 0.0534. The molecule has 2 aromatic heterocycles. The largest absolute Gasteiger partial charge is 0.418 e. The number of nitrogen functional groups attached to an aromatic ring is 1. The van der Waals surface area contributed by atoms with Crippen LogP contribution in [0.15, 0.2) is 30.7 Å². The van der Waals surface area contributed by atoms with Crippen LogP contribution in [0.4, 0.5) is 23.2 Å². The molecule has 2 aromatic rings. The molecule has 0 saturated heterocycles. The number of aromatic nitrogens is 2. The van der Waals surface area contributed by atoms with Crippen molar-refractivity contribution in [3.8, 4) is 11.3 Å². The van der Waals surface area contributed by atoms with Gasteiger partial charge in [-0.15, -0.1) is 0 Å². The highest BCUT2D eigenvalue weighted by Crippen LogP contribution is 2.36. The van der Waals surface area contributed by atoms with Gasteiger partial charge in [-0.2, -0.15) is 13.2 Å². The highest BCUT2D eigenvalue weighted by molar-refractivity contribution is 5.65. The van der Waals surface area contributed by atoms with E-state index in [2.05, 4.69) is 9.97 Å². The Morgan fingerprint density at radius 2 is 1.78 bits per heavy atom. The van der Waals surface area contributed by atoms with Crippen LogP contribution in [0.25, 0.3) is 11.3 Å². The molecular weight excluding hydrogens is 250 g/mol. The van der Waals surface area contributed by atoms with Crippen LogP contribution in [-0.2, 0) is 6.18 Å². The maximum absolute atomic E-state index is 13.0.